The van der Waals surface area contributed by atoms with Gasteiger partial charge in [0.25, 0.3) is 0 Å². The van der Waals surface area contributed by atoms with Gasteiger partial charge in [-0.3, -0.25) is 0 Å². The minimum Gasteiger partial charge on any atom is -0.377 e. The molecule has 1 aliphatic carbocycles. The van der Waals surface area contributed by atoms with Crippen molar-refractivity contribution in [2.75, 3.05) is 13.7 Å². The Bertz CT molecular complexity index is 410. The molecule has 0 aromatic carbocycles. The van der Waals surface area contributed by atoms with E-state index in [4.69, 9.17) is 4.74 Å². The van der Waals surface area contributed by atoms with Crippen LogP contribution in [0.25, 0.3) is 0 Å². The van der Waals surface area contributed by atoms with Gasteiger partial charge in [0.2, 0.25) is 0 Å². The maximum Gasteiger partial charge on any atom is 0.0897 e. The highest BCUT2D eigenvalue weighted by Crippen LogP contribution is 2.37. The molecular weight excluding hydrogens is 268 g/mol. The molecule has 1 atom stereocenters. The molecule has 1 aromatic heterocycles. The van der Waals surface area contributed by atoms with E-state index >= 15 is 0 Å². The number of aromatic nitrogens is 1. The highest BCUT2D eigenvalue weighted by atomic mass is 32.1. The maximum absolute atomic E-state index is 6.03. The summed E-state index contributed by atoms with van der Waals surface area (Å²) < 4.78 is 6.03. The predicted molar refractivity (Wildman–Crippen MR) is 85.4 cm³/mol. The zero-order chi connectivity index (χ0) is 14.6. The quantitative estimate of drug-likeness (QED) is 0.871. The van der Waals surface area contributed by atoms with Crippen molar-refractivity contribution in [1.82, 2.24) is 10.3 Å². The molecule has 3 nitrogen and oxygen atoms in total. The first kappa shape index (κ1) is 15.9. The van der Waals surface area contributed by atoms with E-state index in [2.05, 4.69) is 36.5 Å². The first-order chi connectivity index (χ1) is 9.59. The molecule has 0 bridgehead atoms. The number of rotatable bonds is 6. The van der Waals surface area contributed by atoms with Gasteiger partial charge in [0.15, 0.2) is 0 Å². The van der Waals surface area contributed by atoms with Gasteiger partial charge >= 0.3 is 0 Å². The van der Waals surface area contributed by atoms with E-state index in [1.165, 1.54) is 18.5 Å². The Labute approximate surface area is 127 Å². The summed E-state index contributed by atoms with van der Waals surface area (Å²) in [5, 5.41) is 7.00. The van der Waals surface area contributed by atoms with Crippen molar-refractivity contribution in [2.45, 2.75) is 64.5 Å². The largest absolute Gasteiger partial charge is 0.377 e. The summed E-state index contributed by atoms with van der Waals surface area (Å²) >= 11 is 1.74. The Balaban J connectivity index is 2.12. The molecule has 4 heteroatoms. The second-order valence-electron chi connectivity index (χ2n) is 6.12. The van der Waals surface area contributed by atoms with E-state index in [1.807, 2.05) is 7.11 Å². The average molecular weight is 296 g/mol. The third-order valence-electron chi connectivity index (χ3n) is 4.69. The lowest BCUT2D eigenvalue weighted by Crippen LogP contribution is -2.55. The fourth-order valence-electron chi connectivity index (χ4n) is 3.35. The molecule has 0 radical (unpaired) electrons. The lowest BCUT2D eigenvalue weighted by molar-refractivity contribution is -0.0744. The molecule has 1 saturated carbocycles. The summed E-state index contributed by atoms with van der Waals surface area (Å²) in [5.41, 5.74) is 1.19. The van der Waals surface area contributed by atoms with Gasteiger partial charge in [0, 0.05) is 25.0 Å². The molecule has 114 valence electrons. The average Bonchev–Trinajstić information content (AvgIpc) is 2.85. The van der Waals surface area contributed by atoms with Gasteiger partial charge in [-0.1, -0.05) is 13.8 Å². The van der Waals surface area contributed by atoms with Crippen molar-refractivity contribution >= 4 is 11.3 Å². The Hall–Kier alpha value is -0.450. The number of ether oxygens (including phenoxy) is 1. The van der Waals surface area contributed by atoms with Crippen LogP contribution in [0.2, 0.25) is 0 Å². The van der Waals surface area contributed by atoms with Crippen LogP contribution in [0.4, 0.5) is 0 Å². The predicted octanol–water partition coefficient (Wildman–Crippen LogP) is 3.57. The van der Waals surface area contributed by atoms with Crippen LogP contribution in [-0.2, 0) is 11.2 Å². The lowest BCUT2D eigenvalue weighted by atomic mass is 9.74. The third kappa shape index (κ3) is 3.60. The Morgan fingerprint density at radius 3 is 2.70 bits per heavy atom. The second-order valence-corrected chi connectivity index (χ2v) is 7.19. The normalized spacial score (nSPS) is 28.5. The fraction of sp³-hybridized carbons (Fsp3) is 0.812. The van der Waals surface area contributed by atoms with Crippen LogP contribution in [0.1, 0.15) is 50.2 Å². The van der Waals surface area contributed by atoms with Gasteiger partial charge in [-0.15, -0.1) is 11.3 Å². The van der Waals surface area contributed by atoms with Gasteiger partial charge in [-0.25, -0.2) is 4.98 Å². The van der Waals surface area contributed by atoms with Crippen molar-refractivity contribution < 1.29 is 4.74 Å². The molecule has 2 rings (SSSR count). The van der Waals surface area contributed by atoms with E-state index in [1.54, 1.807) is 11.3 Å². The maximum atomic E-state index is 6.03. The van der Waals surface area contributed by atoms with Crippen LogP contribution < -0.4 is 5.32 Å². The zero-order valence-corrected chi connectivity index (χ0v) is 14.1. The standard InChI is InChI=1S/C16H28N2OS/c1-5-17-15(10-14-11-20-13(3)18-14)16(19-4)8-6-12(2)7-9-16/h11-12,15,17H,5-10H2,1-4H3. The fourth-order valence-corrected chi connectivity index (χ4v) is 3.97. The van der Waals surface area contributed by atoms with Gasteiger partial charge < -0.3 is 10.1 Å². The molecule has 1 aliphatic rings. The number of hydrogen-bond acceptors (Lipinski definition) is 4. The third-order valence-corrected chi connectivity index (χ3v) is 5.51. The van der Waals surface area contributed by atoms with Crippen LogP contribution in [0, 0.1) is 12.8 Å². The highest BCUT2D eigenvalue weighted by Gasteiger charge is 2.41. The van der Waals surface area contributed by atoms with Crippen molar-refractivity contribution in [3.8, 4) is 0 Å². The molecule has 1 N–H and O–H groups in total. The van der Waals surface area contributed by atoms with Gasteiger partial charge in [0.05, 0.1) is 16.3 Å². The van der Waals surface area contributed by atoms with E-state index < -0.39 is 0 Å². The molecule has 0 amide bonds. The molecule has 0 spiro atoms. The molecule has 1 unspecified atom stereocenters. The monoisotopic (exact) mass is 296 g/mol. The van der Waals surface area contributed by atoms with Crippen LogP contribution in [0.5, 0.6) is 0 Å². The number of likely N-dealkylation sites (N-methyl/N-ethyl adjacent to an activating group) is 1. The lowest BCUT2D eigenvalue weighted by Gasteiger charge is -2.44. The Kier molecular flexibility index (Phi) is 5.58. The summed E-state index contributed by atoms with van der Waals surface area (Å²) in [6.07, 6.45) is 5.83. The zero-order valence-electron chi connectivity index (χ0n) is 13.2. The Morgan fingerprint density at radius 1 is 1.50 bits per heavy atom. The number of nitrogens with one attached hydrogen (secondary N) is 1. The topological polar surface area (TPSA) is 34.2 Å². The van der Waals surface area contributed by atoms with Crippen LogP contribution in [-0.4, -0.2) is 30.3 Å². The summed E-state index contributed by atoms with van der Waals surface area (Å²) in [4.78, 5) is 4.63. The smallest absolute Gasteiger partial charge is 0.0897 e. The van der Waals surface area contributed by atoms with E-state index in [-0.39, 0.29) is 5.60 Å². The summed E-state index contributed by atoms with van der Waals surface area (Å²) in [6, 6.07) is 0.367. The van der Waals surface area contributed by atoms with Crippen molar-refractivity contribution in [3.63, 3.8) is 0 Å². The summed E-state index contributed by atoms with van der Waals surface area (Å²) in [7, 11) is 1.88. The first-order valence-corrected chi connectivity index (χ1v) is 8.67. The number of methoxy groups -OCH3 is 1. The molecule has 1 heterocycles. The van der Waals surface area contributed by atoms with Gasteiger partial charge in [0.1, 0.15) is 0 Å². The van der Waals surface area contributed by atoms with Crippen molar-refractivity contribution in [3.05, 3.63) is 16.1 Å². The number of aryl methyl sites for hydroxylation is 1. The molecule has 1 fully saturated rings. The van der Waals surface area contributed by atoms with Crippen LogP contribution in [0.3, 0.4) is 0 Å². The number of nitrogens with zero attached hydrogens (tertiary/aromatic N) is 1. The minimum absolute atomic E-state index is 0.0138. The van der Waals surface area contributed by atoms with Crippen LogP contribution >= 0.6 is 11.3 Å². The molecule has 20 heavy (non-hydrogen) atoms. The summed E-state index contributed by atoms with van der Waals surface area (Å²) in [6.45, 7) is 7.58. The molecule has 1 aromatic rings. The van der Waals surface area contributed by atoms with Gasteiger partial charge in [-0.2, -0.15) is 0 Å². The minimum atomic E-state index is -0.0138. The Morgan fingerprint density at radius 2 is 2.20 bits per heavy atom. The van der Waals surface area contributed by atoms with Crippen molar-refractivity contribution in [2.24, 2.45) is 5.92 Å². The van der Waals surface area contributed by atoms with E-state index in [0.29, 0.717) is 6.04 Å². The van der Waals surface area contributed by atoms with E-state index in [9.17, 15) is 0 Å². The summed E-state index contributed by atoms with van der Waals surface area (Å²) in [5.74, 6) is 0.835. The SMILES string of the molecule is CCNC(Cc1csc(C)n1)C1(OC)CCC(C)CC1. The van der Waals surface area contributed by atoms with Crippen molar-refractivity contribution in [1.29, 1.82) is 0 Å². The molecule has 0 aliphatic heterocycles. The molecular formula is C16H28N2OS. The molecule has 0 saturated heterocycles. The first-order valence-electron chi connectivity index (χ1n) is 7.79. The van der Waals surface area contributed by atoms with Gasteiger partial charge in [-0.05, 0) is 45.1 Å². The number of thiazole rings is 1. The van der Waals surface area contributed by atoms with E-state index in [0.717, 1.165) is 36.7 Å². The second kappa shape index (κ2) is 7.01. The van der Waals surface area contributed by atoms with Crippen LogP contribution in [0.15, 0.2) is 5.38 Å². The number of hydrogen-bond donors (Lipinski definition) is 1. The highest BCUT2D eigenvalue weighted by molar-refractivity contribution is 7.09.